The van der Waals surface area contributed by atoms with Gasteiger partial charge in [-0.05, 0) is 0 Å². The molecular weight excluding hydrogens is 591 g/mol. The predicted octanol–water partition coefficient (Wildman–Crippen LogP) is 8.37. The maximum atomic E-state index is 13.3. The number of carbonyl (C=O) groups excluding carboxylic acids is 1. The second kappa shape index (κ2) is 15.7. The standard InChI is InChI=1S/C21H23N2O3.3C4H9.Sn/c1-15-4-6-17(22-13-15)7-8-18-9-11-21(24)23(18)14-16-5-10-19(25-2)12-20(16)26-3;3*1-3-4-2;/h4-6,8,10,12-13,18H,9,11,14H2,1-3H3;3*1,3-4H2,2H3;/t18-;;;;/m0..../s1. The van der Waals surface area contributed by atoms with Gasteiger partial charge in [0.15, 0.2) is 0 Å². The normalized spacial score (nSPS) is 16.2. The minimum atomic E-state index is -2.86. The van der Waals surface area contributed by atoms with Crippen LogP contribution in [-0.2, 0) is 11.3 Å². The average molecular weight is 641 g/mol. The number of nitrogens with zero attached hydrogens (tertiary/aromatic N) is 2. The summed E-state index contributed by atoms with van der Waals surface area (Å²) in [6, 6.07) is 10.4. The molecule has 2 aromatic rings. The van der Waals surface area contributed by atoms with Crippen LogP contribution in [0, 0.1) is 6.92 Å². The van der Waals surface area contributed by atoms with E-state index < -0.39 is 18.4 Å². The summed E-state index contributed by atoms with van der Waals surface area (Å²) in [4.78, 5) is 20.4. The molecule has 6 heteroatoms. The molecule has 1 atom stereocenters. The molecule has 1 aliphatic rings. The molecule has 0 saturated carbocycles. The van der Waals surface area contributed by atoms with E-state index in [1.54, 1.807) is 17.8 Å². The first kappa shape index (κ1) is 31.5. The van der Waals surface area contributed by atoms with Crippen LogP contribution in [0.4, 0.5) is 0 Å². The first-order valence-corrected chi connectivity index (χ1v) is 22.5. The van der Waals surface area contributed by atoms with E-state index in [0.717, 1.165) is 23.5 Å². The van der Waals surface area contributed by atoms with Crippen molar-refractivity contribution >= 4 is 27.9 Å². The van der Waals surface area contributed by atoms with Crippen LogP contribution in [0.15, 0.2) is 42.6 Å². The van der Waals surface area contributed by atoms with Gasteiger partial charge in [-0.25, -0.2) is 0 Å². The Morgan fingerprint density at radius 1 is 1.00 bits per heavy atom. The van der Waals surface area contributed by atoms with Crippen molar-refractivity contribution in [2.45, 2.75) is 105 Å². The second-order valence-corrected chi connectivity index (χ2v) is 24.3. The molecule has 0 aliphatic carbocycles. The number of aromatic nitrogens is 1. The van der Waals surface area contributed by atoms with E-state index in [-0.39, 0.29) is 11.9 Å². The topological polar surface area (TPSA) is 51.7 Å². The molecule has 1 aliphatic heterocycles. The Balaban J connectivity index is 2.10. The third kappa shape index (κ3) is 8.25. The van der Waals surface area contributed by atoms with Gasteiger partial charge in [-0.2, -0.15) is 0 Å². The summed E-state index contributed by atoms with van der Waals surface area (Å²) in [6.45, 7) is 9.63. The Morgan fingerprint density at radius 2 is 1.67 bits per heavy atom. The third-order valence-corrected chi connectivity index (χ3v) is 24.0. The minimum absolute atomic E-state index is 0.0864. The zero-order valence-corrected chi connectivity index (χ0v) is 28.1. The summed E-state index contributed by atoms with van der Waals surface area (Å²) in [5, 5.41) is 0. The van der Waals surface area contributed by atoms with Crippen molar-refractivity contribution in [1.82, 2.24) is 9.88 Å². The molecule has 0 radical (unpaired) electrons. The number of hydrogen-bond acceptors (Lipinski definition) is 4. The zero-order chi connectivity index (χ0) is 28.3. The Morgan fingerprint density at radius 3 is 2.21 bits per heavy atom. The summed E-state index contributed by atoms with van der Waals surface area (Å²) < 4.78 is 16.8. The van der Waals surface area contributed by atoms with Crippen LogP contribution in [-0.4, -0.2) is 54.4 Å². The molecule has 0 N–H and O–H groups in total. The van der Waals surface area contributed by atoms with Gasteiger partial charge < -0.3 is 0 Å². The Hall–Kier alpha value is -2.02. The van der Waals surface area contributed by atoms with Gasteiger partial charge in [-0.15, -0.1) is 0 Å². The van der Waals surface area contributed by atoms with Gasteiger partial charge in [0.05, 0.1) is 0 Å². The van der Waals surface area contributed by atoms with E-state index >= 15 is 0 Å². The zero-order valence-electron chi connectivity index (χ0n) is 25.2. The van der Waals surface area contributed by atoms with Gasteiger partial charge in [0.2, 0.25) is 0 Å². The van der Waals surface area contributed by atoms with Crippen molar-refractivity contribution in [2.75, 3.05) is 14.2 Å². The molecule has 39 heavy (non-hydrogen) atoms. The van der Waals surface area contributed by atoms with Crippen LogP contribution in [0.5, 0.6) is 11.5 Å². The van der Waals surface area contributed by atoms with Gasteiger partial charge >= 0.3 is 242 Å². The van der Waals surface area contributed by atoms with Crippen molar-refractivity contribution in [1.29, 1.82) is 0 Å². The first-order valence-electron chi connectivity index (χ1n) is 15.1. The van der Waals surface area contributed by atoms with Gasteiger partial charge in [0, 0.05) is 0 Å². The van der Waals surface area contributed by atoms with Crippen LogP contribution >= 0.6 is 0 Å². The maximum absolute atomic E-state index is 13.3. The summed E-state index contributed by atoms with van der Waals surface area (Å²) in [5.41, 5.74) is 3.37. The Bertz CT molecular complexity index is 1060. The molecule has 0 bridgehead atoms. The number of benzene rings is 1. The predicted molar refractivity (Wildman–Crippen MR) is 165 cm³/mol. The number of methoxy groups -OCH3 is 2. The number of aryl methyl sites for hydroxylation is 1. The van der Waals surface area contributed by atoms with E-state index in [0.29, 0.717) is 13.0 Å². The summed E-state index contributed by atoms with van der Waals surface area (Å²) in [5.74, 6) is 1.75. The van der Waals surface area contributed by atoms with Crippen molar-refractivity contribution < 1.29 is 14.3 Å². The number of hydrogen-bond donors (Lipinski definition) is 0. The Kier molecular flexibility index (Phi) is 12.7. The number of ether oxygens (including phenoxy) is 2. The molecule has 1 fully saturated rings. The van der Waals surface area contributed by atoms with Crippen molar-refractivity contribution in [3.05, 3.63) is 59.4 Å². The first-order chi connectivity index (χ1) is 18.9. The number of likely N-dealkylation sites (tertiary alicyclic amines) is 1. The molecule has 5 nitrogen and oxygen atoms in total. The van der Waals surface area contributed by atoms with Crippen LogP contribution in [0.25, 0.3) is 3.59 Å². The number of unbranched alkanes of at least 4 members (excludes halogenated alkanes) is 3. The quantitative estimate of drug-likeness (QED) is 0.173. The number of rotatable bonds is 16. The Labute approximate surface area is 241 Å². The van der Waals surface area contributed by atoms with E-state index in [9.17, 15) is 4.79 Å². The molecule has 2 heterocycles. The summed E-state index contributed by atoms with van der Waals surface area (Å²) in [7, 11) is 3.34. The SMILES string of the molecule is CCC[CH2][Sn]([CH2]CCC)([CH2]CCC)/[C](=C/[C@H]1CCC(=O)N1Cc1ccc(OC)cc1OC)c1ccc(C)cn1. The third-order valence-electron chi connectivity index (χ3n) is 8.35. The van der Waals surface area contributed by atoms with Crippen molar-refractivity contribution in [3.63, 3.8) is 0 Å². The van der Waals surface area contributed by atoms with Crippen molar-refractivity contribution in [3.8, 4) is 11.5 Å². The summed E-state index contributed by atoms with van der Waals surface area (Å²) >= 11 is -2.86. The average Bonchev–Trinajstić information content (AvgIpc) is 3.30. The van der Waals surface area contributed by atoms with Crippen molar-refractivity contribution in [2.24, 2.45) is 0 Å². The molecule has 1 saturated heterocycles. The molecule has 0 unspecified atom stereocenters. The molecule has 0 spiro atoms. The van der Waals surface area contributed by atoms with E-state index in [1.165, 1.54) is 63.1 Å². The molecule has 1 aromatic carbocycles. The molecule has 1 aromatic heterocycles. The fraction of sp³-hybridized carbons (Fsp3) is 0.576. The fourth-order valence-electron chi connectivity index (χ4n) is 5.98. The van der Waals surface area contributed by atoms with Gasteiger partial charge in [0.1, 0.15) is 0 Å². The van der Waals surface area contributed by atoms with Gasteiger partial charge in [0.25, 0.3) is 0 Å². The monoisotopic (exact) mass is 642 g/mol. The number of pyridine rings is 1. The van der Waals surface area contributed by atoms with Crippen LogP contribution in [0.2, 0.25) is 13.3 Å². The van der Waals surface area contributed by atoms with Gasteiger partial charge in [-0.3, -0.25) is 0 Å². The van der Waals surface area contributed by atoms with E-state index in [4.69, 9.17) is 14.5 Å². The second-order valence-electron chi connectivity index (χ2n) is 11.2. The molecular formula is C33H50N2O3Sn. The van der Waals surface area contributed by atoms with E-state index in [1.807, 2.05) is 24.4 Å². The van der Waals surface area contributed by atoms with Crippen LogP contribution in [0.1, 0.15) is 89.0 Å². The molecule has 214 valence electrons. The molecule has 1 amide bonds. The molecule has 3 rings (SSSR count). The number of carbonyl (C=O) groups is 1. The van der Waals surface area contributed by atoms with E-state index in [2.05, 4.69) is 50.8 Å². The fourth-order valence-corrected chi connectivity index (χ4v) is 22.8. The van der Waals surface area contributed by atoms with Gasteiger partial charge in [-0.1, -0.05) is 0 Å². The number of amides is 1. The van der Waals surface area contributed by atoms with Crippen LogP contribution < -0.4 is 9.47 Å². The van der Waals surface area contributed by atoms with Crippen LogP contribution in [0.3, 0.4) is 0 Å². The summed E-state index contributed by atoms with van der Waals surface area (Å²) in [6.07, 6.45) is 13.6.